The van der Waals surface area contributed by atoms with Crippen LogP contribution in [0.5, 0.6) is 0 Å². The summed E-state index contributed by atoms with van der Waals surface area (Å²) < 4.78 is 56.1. The number of amides is 1. The fourth-order valence-electron chi connectivity index (χ4n) is 3.56. The molecule has 10 heteroatoms. The van der Waals surface area contributed by atoms with Crippen molar-refractivity contribution in [1.82, 2.24) is 8.87 Å². The van der Waals surface area contributed by atoms with E-state index in [-0.39, 0.29) is 22.8 Å². The molecule has 2 heterocycles. The SMILES string of the molecule is C#CCn1c(=NC(=O)C2CCCN2S(=O)(=O)c2ccc(F)cc2)sc2cc(F)ccc21. The topological polar surface area (TPSA) is 71.7 Å². The minimum absolute atomic E-state index is 0.0895. The number of terminal acetylenes is 1. The summed E-state index contributed by atoms with van der Waals surface area (Å²) in [6.45, 7) is 0.285. The fourth-order valence-corrected chi connectivity index (χ4v) is 6.27. The number of benzene rings is 2. The van der Waals surface area contributed by atoms with E-state index in [1.807, 2.05) is 0 Å². The molecule has 1 atom stereocenters. The molecular formula is C21H17F2N3O3S2. The Labute approximate surface area is 181 Å². The van der Waals surface area contributed by atoms with Crippen LogP contribution in [0.3, 0.4) is 0 Å². The molecule has 0 bridgehead atoms. The molecule has 2 aromatic carbocycles. The summed E-state index contributed by atoms with van der Waals surface area (Å²) in [4.78, 5) is 17.3. The Morgan fingerprint density at radius 2 is 1.90 bits per heavy atom. The minimum Gasteiger partial charge on any atom is -0.305 e. The van der Waals surface area contributed by atoms with E-state index in [2.05, 4.69) is 10.9 Å². The molecule has 1 fully saturated rings. The van der Waals surface area contributed by atoms with Gasteiger partial charge >= 0.3 is 0 Å². The number of halogens is 2. The highest BCUT2D eigenvalue weighted by Crippen LogP contribution is 2.27. The minimum atomic E-state index is -3.99. The first-order valence-electron chi connectivity index (χ1n) is 9.39. The van der Waals surface area contributed by atoms with Crippen LogP contribution in [0.15, 0.2) is 52.4 Å². The van der Waals surface area contributed by atoms with Gasteiger partial charge in [0.25, 0.3) is 5.91 Å². The monoisotopic (exact) mass is 461 g/mol. The molecule has 0 saturated carbocycles. The van der Waals surface area contributed by atoms with Gasteiger partial charge in [-0.15, -0.1) is 6.42 Å². The first-order valence-corrected chi connectivity index (χ1v) is 11.7. The van der Waals surface area contributed by atoms with E-state index in [0.29, 0.717) is 23.1 Å². The maximum Gasteiger partial charge on any atom is 0.266 e. The van der Waals surface area contributed by atoms with Gasteiger partial charge < -0.3 is 4.57 Å². The molecule has 1 unspecified atom stereocenters. The average Bonchev–Trinajstić information content (AvgIpc) is 3.34. The van der Waals surface area contributed by atoms with Crippen molar-refractivity contribution >= 4 is 37.5 Å². The third kappa shape index (κ3) is 4.04. The van der Waals surface area contributed by atoms with Crippen molar-refractivity contribution in [2.24, 2.45) is 4.99 Å². The molecule has 1 saturated heterocycles. The van der Waals surface area contributed by atoms with Crippen molar-refractivity contribution in [2.75, 3.05) is 6.54 Å². The Morgan fingerprint density at radius 1 is 1.19 bits per heavy atom. The average molecular weight is 462 g/mol. The molecule has 0 aliphatic carbocycles. The standard InChI is InChI=1S/C21H17F2N3O3S2/c1-2-11-25-17-10-7-15(23)13-19(17)30-21(25)24-20(27)18-4-3-12-26(18)31(28,29)16-8-5-14(22)6-9-16/h1,5-10,13,18H,3-4,11-12H2. The van der Waals surface area contributed by atoms with Gasteiger partial charge in [0.15, 0.2) is 4.80 Å². The summed E-state index contributed by atoms with van der Waals surface area (Å²) in [5.41, 5.74) is 0.637. The summed E-state index contributed by atoms with van der Waals surface area (Å²) in [6.07, 6.45) is 6.25. The molecule has 1 aliphatic rings. The van der Waals surface area contributed by atoms with E-state index in [1.54, 1.807) is 10.6 Å². The Hall–Kier alpha value is -2.87. The van der Waals surface area contributed by atoms with Crippen LogP contribution in [0, 0.1) is 24.0 Å². The Morgan fingerprint density at radius 3 is 2.61 bits per heavy atom. The fraction of sp³-hybridized carbons (Fsp3) is 0.238. The van der Waals surface area contributed by atoms with E-state index in [9.17, 15) is 22.0 Å². The smallest absolute Gasteiger partial charge is 0.266 e. The van der Waals surface area contributed by atoms with Gasteiger partial charge in [-0.05, 0) is 55.3 Å². The number of fused-ring (bicyclic) bond motifs is 1. The Balaban J connectivity index is 1.72. The molecule has 4 rings (SSSR count). The van der Waals surface area contributed by atoms with E-state index < -0.39 is 33.6 Å². The first-order chi connectivity index (χ1) is 14.8. The largest absolute Gasteiger partial charge is 0.305 e. The zero-order valence-electron chi connectivity index (χ0n) is 16.2. The number of carbonyl (C=O) groups is 1. The third-order valence-electron chi connectivity index (χ3n) is 5.01. The summed E-state index contributed by atoms with van der Waals surface area (Å²) in [5, 5.41) is 0. The van der Waals surface area contributed by atoms with E-state index >= 15 is 0 Å². The van der Waals surface area contributed by atoms with Crippen LogP contribution in [0.2, 0.25) is 0 Å². The number of nitrogens with zero attached hydrogens (tertiary/aromatic N) is 3. The van der Waals surface area contributed by atoms with Gasteiger partial charge in [-0.1, -0.05) is 17.3 Å². The summed E-state index contributed by atoms with van der Waals surface area (Å²) in [6, 6.07) is 7.66. The number of hydrogen-bond donors (Lipinski definition) is 0. The summed E-state index contributed by atoms with van der Waals surface area (Å²) in [5.74, 6) is 0.885. The molecule has 1 aromatic heterocycles. The van der Waals surface area contributed by atoms with Gasteiger partial charge in [-0.3, -0.25) is 4.79 Å². The predicted molar refractivity (Wildman–Crippen MR) is 112 cm³/mol. The molecule has 0 radical (unpaired) electrons. The molecule has 6 nitrogen and oxygen atoms in total. The molecule has 0 N–H and O–H groups in total. The predicted octanol–water partition coefficient (Wildman–Crippen LogP) is 2.89. The third-order valence-corrected chi connectivity index (χ3v) is 7.97. The van der Waals surface area contributed by atoms with Crippen molar-refractivity contribution in [3.63, 3.8) is 0 Å². The molecular weight excluding hydrogens is 444 g/mol. The number of carbonyl (C=O) groups excluding carboxylic acids is 1. The van der Waals surface area contributed by atoms with Crippen molar-refractivity contribution in [3.05, 3.63) is 58.9 Å². The molecule has 1 aliphatic heterocycles. The van der Waals surface area contributed by atoms with Gasteiger partial charge in [0.1, 0.15) is 17.7 Å². The number of sulfonamides is 1. The van der Waals surface area contributed by atoms with E-state index in [0.717, 1.165) is 27.8 Å². The highest BCUT2D eigenvalue weighted by molar-refractivity contribution is 7.89. The number of aromatic nitrogens is 1. The van der Waals surface area contributed by atoms with Gasteiger partial charge in [-0.2, -0.15) is 9.30 Å². The molecule has 0 spiro atoms. The second-order valence-electron chi connectivity index (χ2n) is 6.96. The van der Waals surface area contributed by atoms with Crippen LogP contribution in [0.25, 0.3) is 10.2 Å². The van der Waals surface area contributed by atoms with Crippen molar-refractivity contribution in [2.45, 2.75) is 30.3 Å². The maximum atomic E-state index is 13.6. The van der Waals surface area contributed by atoms with Crippen LogP contribution in [-0.4, -0.2) is 35.8 Å². The van der Waals surface area contributed by atoms with Gasteiger partial charge in [0, 0.05) is 6.54 Å². The van der Waals surface area contributed by atoms with Crippen LogP contribution < -0.4 is 4.80 Å². The number of hydrogen-bond acceptors (Lipinski definition) is 4. The van der Waals surface area contributed by atoms with Crippen molar-refractivity contribution in [3.8, 4) is 12.3 Å². The lowest BCUT2D eigenvalue weighted by Crippen LogP contribution is -2.40. The zero-order chi connectivity index (χ0) is 22.2. The lowest BCUT2D eigenvalue weighted by molar-refractivity contribution is -0.121. The lowest BCUT2D eigenvalue weighted by Gasteiger charge is -2.21. The molecule has 3 aromatic rings. The van der Waals surface area contributed by atoms with E-state index in [4.69, 9.17) is 6.42 Å². The maximum absolute atomic E-state index is 13.6. The van der Waals surface area contributed by atoms with Crippen LogP contribution in [0.1, 0.15) is 12.8 Å². The number of thiazole rings is 1. The van der Waals surface area contributed by atoms with Gasteiger partial charge in [0.05, 0.1) is 21.7 Å². The van der Waals surface area contributed by atoms with Crippen LogP contribution in [0.4, 0.5) is 8.78 Å². The Kier molecular flexibility index (Phi) is 5.75. The highest BCUT2D eigenvalue weighted by Gasteiger charge is 2.39. The Bertz CT molecular complexity index is 1370. The second-order valence-corrected chi connectivity index (χ2v) is 9.86. The van der Waals surface area contributed by atoms with Gasteiger partial charge in [0.2, 0.25) is 10.0 Å². The molecule has 1 amide bonds. The molecule has 160 valence electrons. The second kappa shape index (κ2) is 8.34. The summed E-state index contributed by atoms with van der Waals surface area (Å²) >= 11 is 1.10. The first kappa shape index (κ1) is 21.4. The van der Waals surface area contributed by atoms with Crippen LogP contribution >= 0.6 is 11.3 Å². The summed E-state index contributed by atoms with van der Waals surface area (Å²) in [7, 11) is -3.99. The van der Waals surface area contributed by atoms with Crippen LogP contribution in [-0.2, 0) is 21.4 Å². The number of rotatable bonds is 4. The quantitative estimate of drug-likeness (QED) is 0.561. The van der Waals surface area contributed by atoms with E-state index in [1.165, 1.54) is 24.3 Å². The zero-order valence-corrected chi connectivity index (χ0v) is 17.8. The van der Waals surface area contributed by atoms with Crippen molar-refractivity contribution < 1.29 is 22.0 Å². The molecule has 31 heavy (non-hydrogen) atoms. The normalized spacial score (nSPS) is 17.8. The van der Waals surface area contributed by atoms with Gasteiger partial charge in [-0.25, -0.2) is 17.2 Å². The lowest BCUT2D eigenvalue weighted by atomic mass is 10.2. The van der Waals surface area contributed by atoms with Crippen molar-refractivity contribution in [1.29, 1.82) is 0 Å². The highest BCUT2D eigenvalue weighted by atomic mass is 32.2.